The Kier molecular flexibility index (Phi) is 11.0. The number of H-pyrrole nitrogens is 1. The van der Waals surface area contributed by atoms with Gasteiger partial charge in [0.2, 0.25) is 0 Å². The predicted molar refractivity (Wildman–Crippen MR) is 137 cm³/mol. The first-order valence-corrected chi connectivity index (χ1v) is 12.1. The lowest BCUT2D eigenvalue weighted by Gasteiger charge is -2.19. The second-order valence-electron chi connectivity index (χ2n) is 8.44. The number of carboxylic acids is 1. The molecule has 4 N–H and O–H groups in total. The summed E-state index contributed by atoms with van der Waals surface area (Å²) in [5.41, 5.74) is 3.66. The zero-order chi connectivity index (χ0) is 27.8. The average molecular weight is 542 g/mol. The zero-order valence-corrected chi connectivity index (χ0v) is 21.5. The number of aliphatic hydroxyl groups is 1. The number of carbonyl (C=O) groups excluding carboxylic acids is 1. The maximum Gasteiger partial charge on any atom is 0.490 e. The minimum atomic E-state index is -5.08. The van der Waals surface area contributed by atoms with Crippen molar-refractivity contribution in [1.82, 2.24) is 15.2 Å². The maximum atomic E-state index is 12.6. The first-order valence-electron chi connectivity index (χ1n) is 11.7. The van der Waals surface area contributed by atoms with Gasteiger partial charge in [-0.25, -0.2) is 4.79 Å². The summed E-state index contributed by atoms with van der Waals surface area (Å²) >= 11 is 6.01. The lowest BCUT2D eigenvalue weighted by atomic mass is 10.0. The molecule has 3 rings (SSSR count). The summed E-state index contributed by atoms with van der Waals surface area (Å²) < 4.78 is 31.7. The van der Waals surface area contributed by atoms with Gasteiger partial charge in [-0.05, 0) is 62.6 Å². The topological polar surface area (TPSA) is 106 Å². The van der Waals surface area contributed by atoms with Gasteiger partial charge in [0.05, 0.1) is 6.10 Å². The minimum Gasteiger partial charge on any atom is -0.475 e. The molecule has 11 heteroatoms. The molecule has 2 aromatic carbocycles. The van der Waals surface area contributed by atoms with Crippen LogP contribution in [0.1, 0.15) is 48.4 Å². The van der Waals surface area contributed by atoms with Gasteiger partial charge < -0.3 is 25.4 Å². The number of aromatic nitrogens is 1. The van der Waals surface area contributed by atoms with Crippen molar-refractivity contribution in [2.24, 2.45) is 0 Å². The Balaban J connectivity index is 0.000000604. The van der Waals surface area contributed by atoms with Crippen molar-refractivity contribution in [3.8, 4) is 0 Å². The molecule has 3 aromatic rings. The molecule has 0 saturated heterocycles. The Morgan fingerprint density at radius 1 is 1.14 bits per heavy atom. The van der Waals surface area contributed by atoms with Gasteiger partial charge in [0.1, 0.15) is 0 Å². The number of hydrogen-bond acceptors (Lipinski definition) is 4. The molecule has 37 heavy (non-hydrogen) atoms. The molecule has 0 unspecified atom stereocenters. The number of halogens is 4. The molecular weight excluding hydrogens is 511 g/mol. The van der Waals surface area contributed by atoms with Crippen molar-refractivity contribution in [3.63, 3.8) is 0 Å². The normalized spacial score (nSPS) is 13.0. The van der Waals surface area contributed by atoms with Crippen LogP contribution in [0.3, 0.4) is 0 Å². The lowest BCUT2D eigenvalue weighted by Crippen LogP contribution is -2.32. The number of hydrogen-bond donors (Lipinski definition) is 4. The number of aliphatic carboxylic acids is 1. The molecule has 1 amide bonds. The van der Waals surface area contributed by atoms with E-state index in [2.05, 4.69) is 17.2 Å². The van der Waals surface area contributed by atoms with Crippen molar-refractivity contribution in [1.29, 1.82) is 0 Å². The Hall–Kier alpha value is -3.08. The molecule has 0 aliphatic rings. The molecule has 0 bridgehead atoms. The predicted octanol–water partition coefficient (Wildman–Crippen LogP) is 5.19. The molecule has 0 saturated carbocycles. The summed E-state index contributed by atoms with van der Waals surface area (Å²) in [5.74, 6) is -2.70. The number of aromatic amines is 1. The van der Waals surface area contributed by atoms with Gasteiger partial charge in [-0.15, -0.1) is 0 Å². The first-order chi connectivity index (χ1) is 17.4. The summed E-state index contributed by atoms with van der Waals surface area (Å²) in [5, 5.41) is 22.7. The Morgan fingerprint density at radius 2 is 1.78 bits per heavy atom. The molecule has 7 nitrogen and oxygen atoms in total. The van der Waals surface area contributed by atoms with Crippen LogP contribution in [0.15, 0.2) is 48.7 Å². The number of nitrogens with one attached hydrogen (secondary N) is 2. The van der Waals surface area contributed by atoms with Crippen LogP contribution in [0.4, 0.5) is 13.2 Å². The molecular formula is C26H31ClF3N3O4. The molecule has 0 radical (unpaired) electrons. The zero-order valence-electron chi connectivity index (χ0n) is 20.8. The van der Waals surface area contributed by atoms with E-state index in [-0.39, 0.29) is 11.9 Å². The number of rotatable bonds is 9. The van der Waals surface area contributed by atoms with Gasteiger partial charge in [-0.1, -0.05) is 29.8 Å². The average Bonchev–Trinajstić information content (AvgIpc) is 3.24. The summed E-state index contributed by atoms with van der Waals surface area (Å²) in [6, 6.07) is 13.3. The van der Waals surface area contributed by atoms with E-state index in [1.807, 2.05) is 55.3 Å². The van der Waals surface area contributed by atoms with Crippen LogP contribution >= 0.6 is 11.6 Å². The molecule has 1 heterocycles. The van der Waals surface area contributed by atoms with Gasteiger partial charge in [0, 0.05) is 53.4 Å². The van der Waals surface area contributed by atoms with Crippen LogP contribution < -0.4 is 5.32 Å². The smallest absolute Gasteiger partial charge is 0.475 e. The van der Waals surface area contributed by atoms with Gasteiger partial charge in [-0.2, -0.15) is 13.2 Å². The van der Waals surface area contributed by atoms with Crippen molar-refractivity contribution in [2.45, 2.75) is 45.5 Å². The highest BCUT2D eigenvalue weighted by Crippen LogP contribution is 2.22. The van der Waals surface area contributed by atoms with Crippen LogP contribution in [0, 0.1) is 0 Å². The van der Waals surface area contributed by atoms with E-state index in [0.717, 1.165) is 22.9 Å². The number of fused-ring (bicyclic) bond motifs is 1. The first kappa shape index (κ1) is 30.1. The van der Waals surface area contributed by atoms with Gasteiger partial charge in [-0.3, -0.25) is 4.79 Å². The number of alkyl halides is 3. The van der Waals surface area contributed by atoms with Crippen LogP contribution in [-0.4, -0.2) is 63.8 Å². The second kappa shape index (κ2) is 13.5. The Labute approximate surface area is 218 Å². The van der Waals surface area contributed by atoms with E-state index in [9.17, 15) is 23.1 Å². The van der Waals surface area contributed by atoms with Crippen molar-refractivity contribution in [2.75, 3.05) is 19.6 Å². The third kappa shape index (κ3) is 8.77. The fraction of sp³-hybridized carbons (Fsp3) is 0.385. The van der Waals surface area contributed by atoms with Crippen molar-refractivity contribution < 1.29 is 33.0 Å². The molecule has 0 aliphatic carbocycles. The molecule has 0 fully saturated rings. The molecule has 0 aliphatic heterocycles. The van der Waals surface area contributed by atoms with Crippen LogP contribution in [-0.2, 0) is 11.2 Å². The summed E-state index contributed by atoms with van der Waals surface area (Å²) in [6.45, 7) is 7.93. The highest BCUT2D eigenvalue weighted by Gasteiger charge is 2.38. The number of benzene rings is 2. The largest absolute Gasteiger partial charge is 0.490 e. The minimum absolute atomic E-state index is 0.0584. The number of aliphatic hydroxyl groups excluding tert-OH is 1. The third-order valence-corrected chi connectivity index (χ3v) is 5.96. The Bertz CT molecular complexity index is 1200. The van der Waals surface area contributed by atoms with E-state index < -0.39 is 18.2 Å². The summed E-state index contributed by atoms with van der Waals surface area (Å²) in [7, 11) is 0. The third-order valence-electron chi connectivity index (χ3n) is 5.73. The Morgan fingerprint density at radius 3 is 2.35 bits per heavy atom. The van der Waals surface area contributed by atoms with Crippen molar-refractivity contribution >= 4 is 34.4 Å². The fourth-order valence-electron chi connectivity index (χ4n) is 3.73. The van der Waals surface area contributed by atoms with Crippen molar-refractivity contribution in [3.05, 3.63) is 70.4 Å². The quantitative estimate of drug-likeness (QED) is 0.298. The number of carbonyl (C=O) groups is 2. The van der Waals surface area contributed by atoms with E-state index in [1.165, 1.54) is 5.56 Å². The standard InChI is InChI=1S/C24H30ClN3O2.C2HF3O2/c1-4-28(5-2)24(30)18-9-10-21-19(14-27-22(21)13-18)11-16(3)26-15-23(29)17-7-6-8-20(25)12-17;3-2(4,5)1(6)7/h6-10,12-14,16,23,26-27,29H,4-5,11,15H2,1-3H3;(H,6,7)/t16-,23+;/m1./s1. The van der Waals surface area contributed by atoms with E-state index in [1.54, 1.807) is 12.1 Å². The van der Waals surface area contributed by atoms with E-state index in [0.29, 0.717) is 30.2 Å². The number of amides is 1. The molecule has 0 spiro atoms. The molecule has 2 atom stereocenters. The van der Waals surface area contributed by atoms with Gasteiger partial charge in [0.25, 0.3) is 5.91 Å². The fourth-order valence-corrected chi connectivity index (χ4v) is 3.93. The molecule has 202 valence electrons. The van der Waals surface area contributed by atoms with Gasteiger partial charge >= 0.3 is 12.1 Å². The highest BCUT2D eigenvalue weighted by molar-refractivity contribution is 6.30. The molecule has 1 aromatic heterocycles. The van der Waals surface area contributed by atoms with Crippen LogP contribution in [0.2, 0.25) is 5.02 Å². The van der Waals surface area contributed by atoms with E-state index >= 15 is 0 Å². The number of nitrogens with zero attached hydrogens (tertiary/aromatic N) is 1. The summed E-state index contributed by atoms with van der Waals surface area (Å²) in [4.78, 5) is 26.6. The maximum absolute atomic E-state index is 12.6. The highest BCUT2D eigenvalue weighted by atomic mass is 35.5. The van der Waals surface area contributed by atoms with Crippen LogP contribution in [0.25, 0.3) is 10.9 Å². The van der Waals surface area contributed by atoms with Gasteiger partial charge in [0.15, 0.2) is 0 Å². The lowest BCUT2D eigenvalue weighted by molar-refractivity contribution is -0.192. The van der Waals surface area contributed by atoms with Crippen LogP contribution in [0.5, 0.6) is 0 Å². The number of carboxylic acid groups (broad SMARTS) is 1. The SMILES string of the molecule is CCN(CC)C(=O)c1ccc2c(C[C@@H](C)NC[C@H](O)c3cccc(Cl)c3)c[nH]c2c1.O=C(O)C(F)(F)F. The second-order valence-corrected chi connectivity index (χ2v) is 8.88. The van der Waals surface area contributed by atoms with E-state index in [4.69, 9.17) is 21.5 Å². The monoisotopic (exact) mass is 541 g/mol. The summed E-state index contributed by atoms with van der Waals surface area (Å²) in [6.07, 6.45) is -2.88.